The molecule has 98 valence electrons. The molecule has 1 aliphatic carbocycles. The number of rotatable bonds is 9. The van der Waals surface area contributed by atoms with Crippen LogP contribution in [0.3, 0.4) is 0 Å². The lowest BCUT2D eigenvalue weighted by Crippen LogP contribution is -1.97. The molecule has 1 saturated carbocycles. The summed E-state index contributed by atoms with van der Waals surface area (Å²) in [4.78, 5) is 0. The lowest BCUT2D eigenvalue weighted by molar-refractivity contribution is 0.317. The van der Waals surface area contributed by atoms with Crippen molar-refractivity contribution in [2.45, 2.75) is 38.8 Å². The Bertz CT molecular complexity index is 256. The van der Waals surface area contributed by atoms with Crippen molar-refractivity contribution in [3.8, 4) is 0 Å². The van der Waals surface area contributed by atoms with Gasteiger partial charge in [0.2, 0.25) is 0 Å². The van der Waals surface area contributed by atoms with Gasteiger partial charge in [-0.15, -0.1) is 0 Å². The Kier molecular flexibility index (Phi) is 8.03. The SMILES string of the molecule is C[SiH2]OCC[C@@H]1C[C@H]1C/C=C\C=C\C(C)OP. The van der Waals surface area contributed by atoms with E-state index in [2.05, 4.69) is 34.2 Å². The minimum absolute atomic E-state index is 0.175. The first kappa shape index (κ1) is 15.1. The molecule has 2 unspecified atom stereocenters. The van der Waals surface area contributed by atoms with Gasteiger partial charge >= 0.3 is 0 Å². The normalized spacial score (nSPS) is 26.5. The van der Waals surface area contributed by atoms with Crippen LogP contribution in [0.4, 0.5) is 0 Å². The van der Waals surface area contributed by atoms with Crippen LogP contribution >= 0.6 is 9.47 Å². The van der Waals surface area contributed by atoms with Gasteiger partial charge < -0.3 is 8.95 Å². The monoisotopic (exact) mass is 272 g/mol. The lowest BCUT2D eigenvalue weighted by Gasteiger charge is -1.99. The third kappa shape index (κ3) is 7.15. The predicted octanol–water partition coefficient (Wildman–Crippen LogP) is 2.86. The van der Waals surface area contributed by atoms with Crippen molar-refractivity contribution in [3.63, 3.8) is 0 Å². The summed E-state index contributed by atoms with van der Waals surface area (Å²) in [6.07, 6.45) is 12.6. The van der Waals surface area contributed by atoms with E-state index in [1.54, 1.807) is 0 Å². The van der Waals surface area contributed by atoms with Gasteiger partial charge in [-0.05, 0) is 38.0 Å². The van der Waals surface area contributed by atoms with Crippen molar-refractivity contribution in [1.82, 2.24) is 0 Å². The van der Waals surface area contributed by atoms with Crippen molar-refractivity contribution < 1.29 is 8.95 Å². The van der Waals surface area contributed by atoms with E-state index in [0.29, 0.717) is 0 Å². The molecule has 0 aromatic heterocycles. The smallest absolute Gasteiger partial charge is 0.158 e. The number of hydrogen-bond acceptors (Lipinski definition) is 2. The Morgan fingerprint density at radius 3 is 2.94 bits per heavy atom. The van der Waals surface area contributed by atoms with E-state index in [1.165, 1.54) is 19.3 Å². The van der Waals surface area contributed by atoms with E-state index in [9.17, 15) is 0 Å². The zero-order valence-corrected chi connectivity index (χ0v) is 13.5. The summed E-state index contributed by atoms with van der Waals surface area (Å²) in [6, 6.07) is 0. The molecule has 0 heterocycles. The van der Waals surface area contributed by atoms with Crippen LogP contribution in [0.15, 0.2) is 24.3 Å². The van der Waals surface area contributed by atoms with E-state index in [4.69, 9.17) is 8.95 Å². The van der Waals surface area contributed by atoms with Gasteiger partial charge in [0.25, 0.3) is 0 Å². The Hall–Kier alpha value is 0.0469. The second-order valence-electron chi connectivity index (χ2n) is 4.63. The molecule has 0 aromatic carbocycles. The number of hydrogen-bond donors (Lipinski definition) is 0. The molecule has 0 bridgehead atoms. The quantitative estimate of drug-likeness (QED) is 0.278. The summed E-state index contributed by atoms with van der Waals surface area (Å²) in [5.41, 5.74) is 0. The summed E-state index contributed by atoms with van der Waals surface area (Å²) < 4.78 is 10.6. The van der Waals surface area contributed by atoms with E-state index in [1.807, 2.05) is 13.0 Å². The Morgan fingerprint density at radius 2 is 2.24 bits per heavy atom. The molecule has 1 aliphatic rings. The van der Waals surface area contributed by atoms with Crippen LogP contribution < -0.4 is 0 Å². The fourth-order valence-electron chi connectivity index (χ4n) is 1.93. The van der Waals surface area contributed by atoms with Gasteiger partial charge in [0, 0.05) is 16.1 Å². The average Bonchev–Trinajstić information content (AvgIpc) is 3.07. The molecule has 1 rings (SSSR count). The zero-order chi connectivity index (χ0) is 12.5. The van der Waals surface area contributed by atoms with Gasteiger partial charge in [-0.25, -0.2) is 0 Å². The van der Waals surface area contributed by atoms with Crippen molar-refractivity contribution in [2.75, 3.05) is 6.61 Å². The summed E-state index contributed by atoms with van der Waals surface area (Å²) >= 11 is 0. The maximum atomic E-state index is 5.51. The first-order valence-electron chi connectivity index (χ1n) is 6.54. The second kappa shape index (κ2) is 9.04. The van der Waals surface area contributed by atoms with Gasteiger partial charge in [0.05, 0.1) is 6.10 Å². The maximum absolute atomic E-state index is 5.51. The Labute approximate surface area is 110 Å². The van der Waals surface area contributed by atoms with Crippen LogP contribution in [-0.2, 0) is 8.95 Å². The van der Waals surface area contributed by atoms with Crippen LogP contribution in [0.5, 0.6) is 0 Å². The van der Waals surface area contributed by atoms with Crippen LogP contribution in [0.1, 0.15) is 26.2 Å². The number of allylic oxidation sites excluding steroid dienone is 3. The molecule has 0 amide bonds. The molecule has 0 N–H and O–H groups in total. The van der Waals surface area contributed by atoms with Crippen LogP contribution in [0, 0.1) is 11.8 Å². The minimum Gasteiger partial charge on any atom is -0.424 e. The molecule has 1 fully saturated rings. The second-order valence-corrected chi connectivity index (χ2v) is 5.89. The maximum Gasteiger partial charge on any atom is 0.158 e. The highest BCUT2D eigenvalue weighted by atomic mass is 31.0. The molecular formula is C13H25O2PSi. The van der Waals surface area contributed by atoms with E-state index >= 15 is 0 Å². The fourth-order valence-corrected chi connectivity index (χ4v) is 2.48. The third-order valence-corrected chi connectivity index (χ3v) is 4.32. The van der Waals surface area contributed by atoms with Crippen molar-refractivity contribution in [2.24, 2.45) is 11.8 Å². The standard InChI is InChI=1S/C13H25O2PSi/c1-11(15-16)6-4-3-5-7-12-10-13(12)8-9-14-17-2/h3-6,11-13H,7-10,16-17H2,1-2H3/b5-3-,6-4+/t11?,12-,13-/m1/s1. The van der Waals surface area contributed by atoms with Crippen molar-refractivity contribution in [3.05, 3.63) is 24.3 Å². The average molecular weight is 272 g/mol. The van der Waals surface area contributed by atoms with Gasteiger partial charge in [0.1, 0.15) is 0 Å². The van der Waals surface area contributed by atoms with Crippen LogP contribution in [-0.4, -0.2) is 22.5 Å². The molecule has 2 nitrogen and oxygen atoms in total. The van der Waals surface area contributed by atoms with E-state index < -0.39 is 0 Å². The zero-order valence-electron chi connectivity index (χ0n) is 11.0. The molecule has 17 heavy (non-hydrogen) atoms. The predicted molar refractivity (Wildman–Crippen MR) is 79.7 cm³/mol. The highest BCUT2D eigenvalue weighted by Crippen LogP contribution is 2.43. The molecule has 4 atom stereocenters. The molecule has 0 saturated heterocycles. The van der Waals surface area contributed by atoms with Gasteiger partial charge in [-0.1, -0.05) is 30.9 Å². The highest BCUT2D eigenvalue weighted by Gasteiger charge is 2.34. The largest absolute Gasteiger partial charge is 0.424 e. The van der Waals surface area contributed by atoms with Gasteiger partial charge in [-0.2, -0.15) is 0 Å². The highest BCUT2D eigenvalue weighted by molar-refractivity contribution is 7.09. The Balaban J connectivity index is 2.01. The fraction of sp³-hybridized carbons (Fsp3) is 0.692. The first-order chi connectivity index (χ1) is 8.27. The molecule has 0 aliphatic heterocycles. The molecule has 0 aromatic rings. The minimum atomic E-state index is -0.188. The summed E-state index contributed by atoms with van der Waals surface area (Å²) in [5.74, 6) is 1.84. The lowest BCUT2D eigenvalue weighted by atomic mass is 10.2. The van der Waals surface area contributed by atoms with Gasteiger partial charge in [0.15, 0.2) is 9.76 Å². The third-order valence-electron chi connectivity index (χ3n) is 3.19. The Morgan fingerprint density at radius 1 is 1.41 bits per heavy atom. The summed E-state index contributed by atoms with van der Waals surface area (Å²) in [6.45, 7) is 5.21. The summed E-state index contributed by atoms with van der Waals surface area (Å²) in [5, 5.41) is 0. The topological polar surface area (TPSA) is 18.5 Å². The molecule has 4 heteroatoms. The van der Waals surface area contributed by atoms with E-state index in [-0.39, 0.29) is 15.9 Å². The molecular weight excluding hydrogens is 247 g/mol. The van der Waals surface area contributed by atoms with E-state index in [0.717, 1.165) is 18.4 Å². The molecule has 0 spiro atoms. The van der Waals surface area contributed by atoms with Crippen LogP contribution in [0.2, 0.25) is 6.55 Å². The van der Waals surface area contributed by atoms with Gasteiger partial charge in [-0.3, -0.25) is 0 Å². The summed E-state index contributed by atoms with van der Waals surface area (Å²) in [7, 11) is 2.09. The first-order valence-corrected chi connectivity index (χ1v) is 9.00. The van der Waals surface area contributed by atoms with Crippen molar-refractivity contribution in [1.29, 1.82) is 0 Å². The van der Waals surface area contributed by atoms with Crippen molar-refractivity contribution >= 4 is 19.2 Å². The van der Waals surface area contributed by atoms with Crippen LogP contribution in [0.25, 0.3) is 0 Å². The molecule has 0 radical (unpaired) electrons.